The highest BCUT2D eigenvalue weighted by molar-refractivity contribution is 5.52. The Hall–Kier alpha value is -1.52. The first-order valence-electron chi connectivity index (χ1n) is 7.44. The standard InChI is InChI=1S/C15H25N5/c1-14(2)9-5-6-15(3,8-9)12(14)18-11-7-10(17-4)19-13(16)20-11/h7,9,12H,5-6,8H2,1-4H3,(H4,16,17,18,19,20). The average Bonchev–Trinajstić information content (AvgIpc) is 2.85. The van der Waals surface area contributed by atoms with E-state index in [-0.39, 0.29) is 0 Å². The van der Waals surface area contributed by atoms with Crippen molar-refractivity contribution in [2.24, 2.45) is 16.7 Å². The number of nitrogens with two attached hydrogens (primary N) is 1. The van der Waals surface area contributed by atoms with Crippen LogP contribution in [-0.4, -0.2) is 23.1 Å². The third-order valence-electron chi connectivity index (χ3n) is 5.56. The number of anilines is 3. The third kappa shape index (κ3) is 1.91. The number of hydrogen-bond donors (Lipinski definition) is 3. The molecule has 2 aliphatic rings. The zero-order valence-corrected chi connectivity index (χ0v) is 12.8. The molecule has 0 amide bonds. The first-order chi connectivity index (χ1) is 9.35. The molecule has 2 bridgehead atoms. The van der Waals surface area contributed by atoms with Gasteiger partial charge in [0.2, 0.25) is 5.95 Å². The zero-order valence-electron chi connectivity index (χ0n) is 12.8. The molecule has 110 valence electrons. The van der Waals surface area contributed by atoms with Gasteiger partial charge in [-0.15, -0.1) is 0 Å². The molecule has 0 spiro atoms. The number of hydrogen-bond acceptors (Lipinski definition) is 5. The molecule has 2 aliphatic carbocycles. The fourth-order valence-electron chi connectivity index (χ4n) is 4.48. The summed E-state index contributed by atoms with van der Waals surface area (Å²) < 4.78 is 0. The molecule has 20 heavy (non-hydrogen) atoms. The van der Waals surface area contributed by atoms with Gasteiger partial charge in [0.1, 0.15) is 11.6 Å². The molecule has 5 heteroatoms. The van der Waals surface area contributed by atoms with Crippen molar-refractivity contribution in [2.45, 2.75) is 46.1 Å². The summed E-state index contributed by atoms with van der Waals surface area (Å²) in [6.07, 6.45) is 3.98. The Morgan fingerprint density at radius 2 is 1.95 bits per heavy atom. The van der Waals surface area contributed by atoms with Crippen LogP contribution in [0.4, 0.5) is 17.6 Å². The predicted molar refractivity (Wildman–Crippen MR) is 82.6 cm³/mol. The van der Waals surface area contributed by atoms with Crippen molar-refractivity contribution in [3.05, 3.63) is 6.07 Å². The van der Waals surface area contributed by atoms with Crippen LogP contribution in [0.25, 0.3) is 0 Å². The minimum absolute atomic E-state index is 0.298. The van der Waals surface area contributed by atoms with E-state index in [4.69, 9.17) is 5.73 Å². The van der Waals surface area contributed by atoms with E-state index in [1.165, 1.54) is 19.3 Å². The Morgan fingerprint density at radius 3 is 2.55 bits per heavy atom. The second-order valence-electron chi connectivity index (χ2n) is 7.24. The van der Waals surface area contributed by atoms with Crippen molar-refractivity contribution in [1.82, 2.24) is 9.97 Å². The van der Waals surface area contributed by atoms with Crippen LogP contribution >= 0.6 is 0 Å². The third-order valence-corrected chi connectivity index (χ3v) is 5.56. The molecule has 2 saturated carbocycles. The van der Waals surface area contributed by atoms with Gasteiger partial charge in [0.25, 0.3) is 0 Å². The molecule has 1 aromatic rings. The topological polar surface area (TPSA) is 75.9 Å². The highest BCUT2D eigenvalue weighted by atomic mass is 15.1. The van der Waals surface area contributed by atoms with Gasteiger partial charge in [-0.25, -0.2) is 0 Å². The summed E-state index contributed by atoms with van der Waals surface area (Å²) in [5.74, 6) is 2.71. The second-order valence-corrected chi connectivity index (χ2v) is 7.24. The molecule has 3 atom stereocenters. The summed E-state index contributed by atoms with van der Waals surface area (Å²) in [5, 5.41) is 6.67. The molecule has 1 aromatic heterocycles. The number of rotatable bonds is 3. The van der Waals surface area contributed by atoms with Gasteiger partial charge in [-0.1, -0.05) is 20.8 Å². The minimum atomic E-state index is 0.298. The van der Waals surface area contributed by atoms with Gasteiger partial charge in [0, 0.05) is 19.2 Å². The molecule has 0 saturated heterocycles. The highest BCUT2D eigenvalue weighted by Gasteiger charge is 2.59. The van der Waals surface area contributed by atoms with E-state index in [1.54, 1.807) is 0 Å². The van der Waals surface area contributed by atoms with Crippen LogP contribution in [0.3, 0.4) is 0 Å². The Bertz CT molecular complexity index is 522. The van der Waals surface area contributed by atoms with Crippen LogP contribution in [0.5, 0.6) is 0 Å². The normalized spacial score (nSPS) is 34.2. The lowest BCUT2D eigenvalue weighted by molar-refractivity contribution is 0.155. The minimum Gasteiger partial charge on any atom is -0.373 e. The van der Waals surface area contributed by atoms with E-state index in [2.05, 4.69) is 41.4 Å². The van der Waals surface area contributed by atoms with E-state index in [0.717, 1.165) is 17.6 Å². The number of fused-ring (bicyclic) bond motifs is 2. The zero-order chi connectivity index (χ0) is 14.5. The van der Waals surface area contributed by atoms with Crippen molar-refractivity contribution in [3.8, 4) is 0 Å². The van der Waals surface area contributed by atoms with Gasteiger partial charge in [-0.3, -0.25) is 0 Å². The number of nitrogens with zero attached hydrogens (tertiary/aromatic N) is 2. The van der Waals surface area contributed by atoms with E-state index in [9.17, 15) is 0 Å². The quantitative estimate of drug-likeness (QED) is 0.791. The lowest BCUT2D eigenvalue weighted by atomic mass is 9.68. The molecule has 3 unspecified atom stereocenters. The largest absolute Gasteiger partial charge is 0.373 e. The molecule has 0 aromatic carbocycles. The number of aromatic nitrogens is 2. The molecule has 0 aliphatic heterocycles. The molecular weight excluding hydrogens is 250 g/mol. The van der Waals surface area contributed by atoms with Crippen LogP contribution in [0, 0.1) is 16.7 Å². The molecule has 0 radical (unpaired) electrons. The van der Waals surface area contributed by atoms with Gasteiger partial charge in [-0.05, 0) is 36.0 Å². The summed E-state index contributed by atoms with van der Waals surface area (Å²) in [6, 6.07) is 2.37. The van der Waals surface area contributed by atoms with E-state index in [1.807, 2.05) is 13.1 Å². The number of nitrogen functional groups attached to an aromatic ring is 1. The van der Waals surface area contributed by atoms with Crippen molar-refractivity contribution < 1.29 is 0 Å². The van der Waals surface area contributed by atoms with Crippen molar-refractivity contribution in [2.75, 3.05) is 23.4 Å². The van der Waals surface area contributed by atoms with Crippen LogP contribution in [0.2, 0.25) is 0 Å². The van der Waals surface area contributed by atoms with E-state index < -0.39 is 0 Å². The van der Waals surface area contributed by atoms with Gasteiger partial charge < -0.3 is 16.4 Å². The Morgan fingerprint density at radius 1 is 1.25 bits per heavy atom. The summed E-state index contributed by atoms with van der Waals surface area (Å²) in [5.41, 5.74) is 6.45. The van der Waals surface area contributed by atoms with Crippen LogP contribution < -0.4 is 16.4 Å². The maximum Gasteiger partial charge on any atom is 0.223 e. The average molecular weight is 275 g/mol. The fraction of sp³-hybridized carbons (Fsp3) is 0.733. The Labute approximate surface area is 120 Å². The Balaban J connectivity index is 1.89. The lowest BCUT2D eigenvalue weighted by Gasteiger charge is -2.43. The van der Waals surface area contributed by atoms with E-state index >= 15 is 0 Å². The molecule has 2 fully saturated rings. The van der Waals surface area contributed by atoms with Crippen molar-refractivity contribution in [3.63, 3.8) is 0 Å². The Kier molecular flexibility index (Phi) is 2.85. The second kappa shape index (κ2) is 4.24. The van der Waals surface area contributed by atoms with Crippen LogP contribution in [0.15, 0.2) is 6.07 Å². The maximum atomic E-state index is 5.78. The van der Waals surface area contributed by atoms with Gasteiger partial charge >= 0.3 is 0 Å². The predicted octanol–water partition coefficient (Wildman–Crippen LogP) is 2.73. The maximum absolute atomic E-state index is 5.78. The molecule has 5 nitrogen and oxygen atoms in total. The lowest BCUT2D eigenvalue weighted by Crippen LogP contribution is -2.46. The summed E-state index contributed by atoms with van der Waals surface area (Å²) in [6.45, 7) is 7.16. The van der Waals surface area contributed by atoms with Gasteiger partial charge in [0.05, 0.1) is 0 Å². The first-order valence-corrected chi connectivity index (χ1v) is 7.44. The fourth-order valence-corrected chi connectivity index (χ4v) is 4.48. The van der Waals surface area contributed by atoms with Crippen molar-refractivity contribution in [1.29, 1.82) is 0 Å². The van der Waals surface area contributed by atoms with Crippen LogP contribution in [-0.2, 0) is 0 Å². The van der Waals surface area contributed by atoms with Gasteiger partial charge in [-0.2, -0.15) is 9.97 Å². The number of nitrogens with one attached hydrogen (secondary N) is 2. The van der Waals surface area contributed by atoms with E-state index in [0.29, 0.717) is 22.8 Å². The summed E-state index contributed by atoms with van der Waals surface area (Å²) in [7, 11) is 1.84. The molecule has 1 heterocycles. The summed E-state index contributed by atoms with van der Waals surface area (Å²) >= 11 is 0. The summed E-state index contributed by atoms with van der Waals surface area (Å²) in [4.78, 5) is 8.49. The SMILES string of the molecule is CNc1cc(NC2C3(C)CCC(C3)C2(C)C)nc(N)n1. The van der Waals surface area contributed by atoms with Gasteiger partial charge in [0.15, 0.2) is 0 Å². The molecule has 4 N–H and O–H groups in total. The monoisotopic (exact) mass is 275 g/mol. The smallest absolute Gasteiger partial charge is 0.223 e. The first kappa shape index (κ1) is 13.5. The van der Waals surface area contributed by atoms with Crippen molar-refractivity contribution >= 4 is 17.6 Å². The molecular formula is C15H25N5. The highest BCUT2D eigenvalue weighted by Crippen LogP contribution is 2.63. The van der Waals surface area contributed by atoms with Crippen LogP contribution in [0.1, 0.15) is 40.0 Å². The molecule has 3 rings (SSSR count).